The van der Waals surface area contributed by atoms with Crippen molar-refractivity contribution in [3.05, 3.63) is 34.4 Å². The number of aromatic nitrogens is 2. The fourth-order valence-electron chi connectivity index (χ4n) is 1.15. The molecule has 0 amide bonds. The first-order chi connectivity index (χ1) is 6.20. The summed E-state index contributed by atoms with van der Waals surface area (Å²) in [6, 6.07) is 1.34. The van der Waals surface area contributed by atoms with Crippen LogP contribution in [-0.2, 0) is 6.61 Å². The lowest BCUT2D eigenvalue weighted by Crippen LogP contribution is -1.87. The second-order valence-corrected chi connectivity index (χ2v) is 3.54. The molecule has 68 valence electrons. The van der Waals surface area contributed by atoms with E-state index in [1.54, 1.807) is 12.4 Å². The van der Waals surface area contributed by atoms with Gasteiger partial charge in [0.05, 0.1) is 12.3 Å². The number of hydrogen-bond donors (Lipinski definition) is 1. The maximum atomic E-state index is 13.2. The summed E-state index contributed by atoms with van der Waals surface area (Å²) >= 11 is 3.16. The van der Waals surface area contributed by atoms with E-state index in [4.69, 9.17) is 5.11 Å². The molecule has 0 atom stereocenters. The highest BCUT2D eigenvalue weighted by Gasteiger charge is 2.06. The number of pyridine rings is 1. The van der Waals surface area contributed by atoms with E-state index >= 15 is 0 Å². The Kier molecular flexibility index (Phi) is 2.05. The van der Waals surface area contributed by atoms with Crippen LogP contribution in [0.5, 0.6) is 0 Å². The summed E-state index contributed by atoms with van der Waals surface area (Å²) in [7, 11) is 0. The van der Waals surface area contributed by atoms with Gasteiger partial charge in [0.25, 0.3) is 0 Å². The summed E-state index contributed by atoms with van der Waals surface area (Å²) < 4.78 is 15.4. The van der Waals surface area contributed by atoms with Gasteiger partial charge in [-0.25, -0.2) is 9.37 Å². The Hall–Kier alpha value is -0.940. The molecular formula is C8H6BrFN2O. The third kappa shape index (κ3) is 1.45. The van der Waals surface area contributed by atoms with Crippen LogP contribution < -0.4 is 0 Å². The number of aliphatic hydroxyl groups excluding tert-OH is 1. The summed E-state index contributed by atoms with van der Waals surface area (Å²) in [5.74, 6) is -0.408. The van der Waals surface area contributed by atoms with Crippen molar-refractivity contribution >= 4 is 21.6 Å². The van der Waals surface area contributed by atoms with Crippen molar-refractivity contribution in [2.45, 2.75) is 6.61 Å². The Balaban J connectivity index is 2.75. The largest absolute Gasteiger partial charge is 0.390 e. The van der Waals surface area contributed by atoms with E-state index < -0.39 is 5.82 Å². The molecule has 0 fully saturated rings. The average Bonchev–Trinajstić information content (AvgIpc) is 2.47. The lowest BCUT2D eigenvalue weighted by Gasteiger charge is -1.94. The van der Waals surface area contributed by atoms with Crippen molar-refractivity contribution in [3.63, 3.8) is 0 Å². The van der Waals surface area contributed by atoms with E-state index in [-0.39, 0.29) is 12.3 Å². The predicted octanol–water partition coefficient (Wildman–Crippen LogP) is 1.73. The van der Waals surface area contributed by atoms with Gasteiger partial charge in [0, 0.05) is 16.9 Å². The smallest absolute Gasteiger partial charge is 0.173 e. The summed E-state index contributed by atoms with van der Waals surface area (Å²) in [4.78, 5) is 3.89. The van der Waals surface area contributed by atoms with Crippen molar-refractivity contribution in [1.29, 1.82) is 0 Å². The van der Waals surface area contributed by atoms with E-state index in [9.17, 15) is 4.39 Å². The second-order valence-electron chi connectivity index (χ2n) is 2.63. The lowest BCUT2D eigenvalue weighted by molar-refractivity contribution is 0.277. The number of halogens is 2. The molecule has 0 saturated heterocycles. The van der Waals surface area contributed by atoms with Gasteiger partial charge in [-0.1, -0.05) is 0 Å². The second kappa shape index (κ2) is 3.08. The van der Waals surface area contributed by atoms with Gasteiger partial charge in [-0.15, -0.1) is 0 Å². The van der Waals surface area contributed by atoms with Gasteiger partial charge in [-0.2, -0.15) is 0 Å². The van der Waals surface area contributed by atoms with Crippen LogP contribution >= 0.6 is 15.9 Å². The predicted molar refractivity (Wildman–Crippen MR) is 48.8 cm³/mol. The van der Waals surface area contributed by atoms with Gasteiger partial charge >= 0.3 is 0 Å². The molecule has 0 saturated carbocycles. The zero-order chi connectivity index (χ0) is 9.42. The number of rotatable bonds is 1. The molecular weight excluding hydrogens is 239 g/mol. The van der Waals surface area contributed by atoms with E-state index in [2.05, 4.69) is 20.9 Å². The molecule has 2 heterocycles. The van der Waals surface area contributed by atoms with Crippen molar-refractivity contribution < 1.29 is 9.50 Å². The molecule has 2 rings (SSSR count). The first kappa shape index (κ1) is 8.65. The van der Waals surface area contributed by atoms with Crippen LogP contribution in [0.15, 0.2) is 22.9 Å². The summed E-state index contributed by atoms with van der Waals surface area (Å²) in [5.41, 5.74) is 0.684. The highest BCUT2D eigenvalue weighted by Crippen LogP contribution is 2.16. The fourth-order valence-corrected chi connectivity index (χ4v) is 1.57. The Morgan fingerprint density at radius 1 is 1.54 bits per heavy atom. The van der Waals surface area contributed by atoms with E-state index in [0.717, 1.165) is 0 Å². The molecule has 13 heavy (non-hydrogen) atoms. The highest BCUT2D eigenvalue weighted by molar-refractivity contribution is 9.10. The van der Waals surface area contributed by atoms with E-state index in [1.807, 2.05) is 0 Å². The standard InChI is InChI=1S/C8H6BrFN2O/c9-5-1-7(10)8-11-6(4-13)3-12(8)2-5/h1-3,13H,4H2. The van der Waals surface area contributed by atoms with Crippen LogP contribution in [0.25, 0.3) is 5.65 Å². The molecule has 0 aliphatic carbocycles. The zero-order valence-corrected chi connectivity index (χ0v) is 8.12. The molecule has 0 aliphatic rings. The number of hydrogen-bond acceptors (Lipinski definition) is 2. The molecule has 2 aromatic rings. The Labute approximate surface area is 82.0 Å². The van der Waals surface area contributed by atoms with Gasteiger partial charge in [0.15, 0.2) is 11.5 Å². The van der Waals surface area contributed by atoms with E-state index in [1.165, 1.54) is 10.5 Å². The van der Waals surface area contributed by atoms with Crippen LogP contribution in [0.1, 0.15) is 5.69 Å². The molecule has 1 N–H and O–H groups in total. The SMILES string of the molecule is OCc1cn2cc(Br)cc(F)c2n1. The van der Waals surface area contributed by atoms with E-state index in [0.29, 0.717) is 10.2 Å². The molecule has 5 heteroatoms. The summed E-state index contributed by atoms with van der Waals surface area (Å²) in [6.45, 7) is -0.182. The minimum absolute atomic E-state index is 0.182. The van der Waals surface area contributed by atoms with Crippen LogP contribution in [0.4, 0.5) is 4.39 Å². The Bertz CT molecular complexity index is 455. The molecule has 2 aromatic heterocycles. The van der Waals surface area contributed by atoms with Crippen LogP contribution in [0, 0.1) is 5.82 Å². The fraction of sp³-hybridized carbons (Fsp3) is 0.125. The van der Waals surface area contributed by atoms with Crippen molar-refractivity contribution in [3.8, 4) is 0 Å². The molecule has 0 aliphatic heterocycles. The summed E-state index contributed by atoms with van der Waals surface area (Å²) in [6.07, 6.45) is 3.27. The normalized spacial score (nSPS) is 11.0. The molecule has 0 bridgehead atoms. The Morgan fingerprint density at radius 2 is 2.31 bits per heavy atom. The minimum Gasteiger partial charge on any atom is -0.390 e. The number of fused-ring (bicyclic) bond motifs is 1. The maximum absolute atomic E-state index is 13.2. The third-order valence-corrected chi connectivity index (χ3v) is 2.12. The lowest BCUT2D eigenvalue weighted by atomic mass is 10.4. The Morgan fingerprint density at radius 3 is 3.00 bits per heavy atom. The van der Waals surface area contributed by atoms with Crippen LogP contribution in [-0.4, -0.2) is 14.5 Å². The van der Waals surface area contributed by atoms with Crippen molar-refractivity contribution in [2.75, 3.05) is 0 Å². The van der Waals surface area contributed by atoms with Crippen LogP contribution in [0.3, 0.4) is 0 Å². The van der Waals surface area contributed by atoms with Gasteiger partial charge < -0.3 is 9.51 Å². The molecule has 0 unspecified atom stereocenters. The van der Waals surface area contributed by atoms with Crippen molar-refractivity contribution in [1.82, 2.24) is 9.38 Å². The van der Waals surface area contributed by atoms with Gasteiger partial charge in [0.1, 0.15) is 0 Å². The minimum atomic E-state index is -0.408. The topological polar surface area (TPSA) is 37.5 Å². The average molecular weight is 245 g/mol. The first-order valence-electron chi connectivity index (χ1n) is 3.64. The van der Waals surface area contributed by atoms with Gasteiger partial charge in [-0.3, -0.25) is 0 Å². The van der Waals surface area contributed by atoms with Crippen LogP contribution in [0.2, 0.25) is 0 Å². The monoisotopic (exact) mass is 244 g/mol. The molecule has 3 nitrogen and oxygen atoms in total. The first-order valence-corrected chi connectivity index (χ1v) is 4.43. The molecule has 0 radical (unpaired) electrons. The van der Waals surface area contributed by atoms with Gasteiger partial charge in [-0.05, 0) is 22.0 Å². The third-order valence-electron chi connectivity index (χ3n) is 1.68. The number of aliphatic hydroxyl groups is 1. The highest BCUT2D eigenvalue weighted by atomic mass is 79.9. The zero-order valence-electron chi connectivity index (χ0n) is 6.54. The van der Waals surface area contributed by atoms with Gasteiger partial charge in [0.2, 0.25) is 0 Å². The summed E-state index contributed by atoms with van der Waals surface area (Å²) in [5, 5.41) is 8.79. The quantitative estimate of drug-likeness (QED) is 0.830. The molecule has 0 spiro atoms. The number of nitrogens with zero attached hydrogens (tertiary/aromatic N) is 2. The molecule has 0 aromatic carbocycles. The van der Waals surface area contributed by atoms with Crippen molar-refractivity contribution in [2.24, 2.45) is 0 Å². The number of imidazole rings is 1. The maximum Gasteiger partial charge on any atom is 0.173 e.